The summed E-state index contributed by atoms with van der Waals surface area (Å²) in [6.45, 7) is 4.58. The molecular formula is C14H19NO3. The quantitative estimate of drug-likeness (QED) is 0.885. The van der Waals surface area contributed by atoms with E-state index in [1.54, 1.807) is 4.90 Å². The molecule has 98 valence electrons. The second-order valence-corrected chi connectivity index (χ2v) is 4.92. The van der Waals surface area contributed by atoms with Crippen LogP contribution in [0.15, 0.2) is 24.3 Å². The van der Waals surface area contributed by atoms with E-state index in [9.17, 15) is 4.79 Å². The topological polar surface area (TPSA) is 49.8 Å². The van der Waals surface area contributed by atoms with Gasteiger partial charge in [0.15, 0.2) is 0 Å². The van der Waals surface area contributed by atoms with Crippen LogP contribution in [0, 0.1) is 5.92 Å². The zero-order valence-corrected chi connectivity index (χ0v) is 10.8. The number of aliphatic hydroxyl groups is 1. The molecule has 1 unspecified atom stereocenters. The number of aliphatic hydroxyl groups excluding tert-OH is 1. The second-order valence-electron chi connectivity index (χ2n) is 4.92. The van der Waals surface area contributed by atoms with Gasteiger partial charge in [0.05, 0.1) is 6.10 Å². The summed E-state index contributed by atoms with van der Waals surface area (Å²) in [6.07, 6.45) is 0.533. The molecule has 0 radical (unpaired) electrons. The smallest absolute Gasteiger partial charge is 0.227 e. The number of ether oxygens (including phenoxy) is 1. The van der Waals surface area contributed by atoms with E-state index in [1.165, 1.54) is 0 Å². The third kappa shape index (κ3) is 2.82. The van der Waals surface area contributed by atoms with Crippen molar-refractivity contribution < 1.29 is 14.6 Å². The van der Waals surface area contributed by atoms with E-state index >= 15 is 0 Å². The first kappa shape index (κ1) is 12.9. The van der Waals surface area contributed by atoms with Crippen molar-refractivity contribution in [1.82, 2.24) is 0 Å². The number of anilines is 1. The molecule has 0 saturated carbocycles. The fourth-order valence-corrected chi connectivity index (χ4v) is 2.15. The summed E-state index contributed by atoms with van der Waals surface area (Å²) in [6, 6.07) is 7.53. The Bertz CT molecular complexity index is 431. The van der Waals surface area contributed by atoms with Gasteiger partial charge in [-0.2, -0.15) is 0 Å². The Hall–Kier alpha value is -1.55. The minimum Gasteiger partial charge on any atom is -0.491 e. The van der Waals surface area contributed by atoms with E-state index in [1.807, 2.05) is 38.1 Å². The summed E-state index contributed by atoms with van der Waals surface area (Å²) in [5.41, 5.74) is 0.842. The number of rotatable bonds is 4. The number of carbonyl (C=O) groups excluding carboxylic acids is 1. The van der Waals surface area contributed by atoms with Crippen LogP contribution in [0.3, 0.4) is 0 Å². The SMILES string of the molecule is CC(C)Oc1cccc(N2CC(CO)CC2=O)c1. The van der Waals surface area contributed by atoms with Crippen LogP contribution in [0.2, 0.25) is 0 Å². The molecule has 4 nitrogen and oxygen atoms in total. The molecule has 0 bridgehead atoms. The van der Waals surface area contributed by atoms with Crippen LogP contribution in [0.1, 0.15) is 20.3 Å². The number of amides is 1. The molecule has 1 saturated heterocycles. The molecule has 18 heavy (non-hydrogen) atoms. The van der Waals surface area contributed by atoms with Gasteiger partial charge in [-0.3, -0.25) is 4.79 Å². The first-order chi connectivity index (χ1) is 8.60. The summed E-state index contributed by atoms with van der Waals surface area (Å²) in [7, 11) is 0. The highest BCUT2D eigenvalue weighted by molar-refractivity contribution is 5.95. The monoisotopic (exact) mass is 249 g/mol. The number of benzene rings is 1. The summed E-state index contributed by atoms with van der Waals surface area (Å²) >= 11 is 0. The van der Waals surface area contributed by atoms with Crippen LogP contribution in [0.5, 0.6) is 5.75 Å². The normalized spacial score (nSPS) is 19.7. The maximum Gasteiger partial charge on any atom is 0.227 e. The summed E-state index contributed by atoms with van der Waals surface area (Å²) in [5.74, 6) is 0.880. The maximum atomic E-state index is 11.9. The molecule has 2 rings (SSSR count). The Morgan fingerprint density at radius 1 is 1.50 bits per heavy atom. The van der Waals surface area contributed by atoms with Gasteiger partial charge in [-0.15, -0.1) is 0 Å². The van der Waals surface area contributed by atoms with Gasteiger partial charge in [0.2, 0.25) is 5.91 Å². The second kappa shape index (κ2) is 5.40. The van der Waals surface area contributed by atoms with Crippen LogP contribution in [-0.4, -0.2) is 30.3 Å². The molecule has 1 aromatic rings. The van der Waals surface area contributed by atoms with E-state index < -0.39 is 0 Å². The van der Waals surface area contributed by atoms with Crippen molar-refractivity contribution >= 4 is 11.6 Å². The van der Waals surface area contributed by atoms with Gasteiger partial charge >= 0.3 is 0 Å². The first-order valence-electron chi connectivity index (χ1n) is 6.28. The molecule has 1 heterocycles. The van der Waals surface area contributed by atoms with Gasteiger partial charge in [-0.25, -0.2) is 0 Å². The van der Waals surface area contributed by atoms with Crippen molar-refractivity contribution in [3.05, 3.63) is 24.3 Å². The fourth-order valence-electron chi connectivity index (χ4n) is 2.15. The van der Waals surface area contributed by atoms with E-state index in [2.05, 4.69) is 0 Å². The molecule has 4 heteroatoms. The third-order valence-electron chi connectivity index (χ3n) is 2.96. The van der Waals surface area contributed by atoms with Crippen molar-refractivity contribution in [3.63, 3.8) is 0 Å². The Labute approximate surface area is 107 Å². The van der Waals surface area contributed by atoms with Crippen LogP contribution in [0.4, 0.5) is 5.69 Å². The molecule has 1 aliphatic heterocycles. The van der Waals surface area contributed by atoms with E-state index in [4.69, 9.17) is 9.84 Å². The van der Waals surface area contributed by atoms with Gasteiger partial charge in [0.1, 0.15) is 5.75 Å². The lowest BCUT2D eigenvalue weighted by Crippen LogP contribution is -2.24. The highest BCUT2D eigenvalue weighted by Gasteiger charge is 2.30. The molecule has 0 aliphatic carbocycles. The Morgan fingerprint density at radius 2 is 2.28 bits per heavy atom. The highest BCUT2D eigenvalue weighted by Crippen LogP contribution is 2.28. The molecule has 0 aromatic heterocycles. The van der Waals surface area contributed by atoms with Crippen LogP contribution >= 0.6 is 0 Å². The van der Waals surface area contributed by atoms with Crippen LogP contribution in [-0.2, 0) is 4.79 Å². The first-order valence-corrected chi connectivity index (χ1v) is 6.28. The van der Waals surface area contributed by atoms with Gasteiger partial charge < -0.3 is 14.7 Å². The lowest BCUT2D eigenvalue weighted by Gasteiger charge is -2.18. The summed E-state index contributed by atoms with van der Waals surface area (Å²) in [5, 5.41) is 9.12. The molecule has 1 aliphatic rings. The minimum absolute atomic E-state index is 0.0483. The van der Waals surface area contributed by atoms with Crippen molar-refractivity contribution in [2.45, 2.75) is 26.4 Å². The van der Waals surface area contributed by atoms with Gasteiger partial charge in [-0.05, 0) is 26.0 Å². The fraction of sp³-hybridized carbons (Fsp3) is 0.500. The largest absolute Gasteiger partial charge is 0.491 e. The zero-order valence-electron chi connectivity index (χ0n) is 10.8. The van der Waals surface area contributed by atoms with Crippen LogP contribution < -0.4 is 9.64 Å². The molecule has 1 fully saturated rings. The average molecular weight is 249 g/mol. The Kier molecular flexibility index (Phi) is 3.87. The number of nitrogens with zero attached hydrogens (tertiary/aromatic N) is 1. The summed E-state index contributed by atoms with van der Waals surface area (Å²) < 4.78 is 5.62. The average Bonchev–Trinajstić information content (AvgIpc) is 2.70. The molecule has 1 N–H and O–H groups in total. The Balaban J connectivity index is 2.16. The predicted molar refractivity (Wildman–Crippen MR) is 69.8 cm³/mol. The van der Waals surface area contributed by atoms with Gasteiger partial charge in [0, 0.05) is 37.2 Å². The van der Waals surface area contributed by atoms with Crippen molar-refractivity contribution in [2.24, 2.45) is 5.92 Å². The van der Waals surface area contributed by atoms with E-state index in [0.29, 0.717) is 13.0 Å². The number of hydrogen-bond donors (Lipinski definition) is 1. The zero-order chi connectivity index (χ0) is 13.1. The molecular weight excluding hydrogens is 230 g/mol. The van der Waals surface area contributed by atoms with Gasteiger partial charge in [0.25, 0.3) is 0 Å². The van der Waals surface area contributed by atoms with Crippen LogP contribution in [0.25, 0.3) is 0 Å². The standard InChI is InChI=1S/C14H19NO3/c1-10(2)18-13-5-3-4-12(7-13)15-8-11(9-16)6-14(15)17/h3-5,7,10-11,16H,6,8-9H2,1-2H3. The highest BCUT2D eigenvalue weighted by atomic mass is 16.5. The van der Waals surface area contributed by atoms with Crippen molar-refractivity contribution in [3.8, 4) is 5.75 Å². The lowest BCUT2D eigenvalue weighted by molar-refractivity contribution is -0.117. The molecule has 1 aromatic carbocycles. The molecule has 0 spiro atoms. The number of carbonyl (C=O) groups is 1. The number of hydrogen-bond acceptors (Lipinski definition) is 3. The van der Waals surface area contributed by atoms with E-state index in [-0.39, 0.29) is 24.5 Å². The van der Waals surface area contributed by atoms with Crippen molar-refractivity contribution in [2.75, 3.05) is 18.1 Å². The molecule has 1 atom stereocenters. The van der Waals surface area contributed by atoms with E-state index in [0.717, 1.165) is 11.4 Å². The molecule has 1 amide bonds. The van der Waals surface area contributed by atoms with Gasteiger partial charge in [-0.1, -0.05) is 6.07 Å². The lowest BCUT2D eigenvalue weighted by atomic mass is 10.1. The Morgan fingerprint density at radius 3 is 2.89 bits per heavy atom. The third-order valence-corrected chi connectivity index (χ3v) is 2.96. The predicted octanol–water partition coefficient (Wildman–Crippen LogP) is 1.82. The summed E-state index contributed by atoms with van der Waals surface area (Å²) in [4.78, 5) is 13.6. The minimum atomic E-state index is 0.0483. The maximum absolute atomic E-state index is 11.9. The van der Waals surface area contributed by atoms with Crippen molar-refractivity contribution in [1.29, 1.82) is 0 Å².